The molecule has 62 valence electrons. The van der Waals surface area contributed by atoms with Crippen LogP contribution in [0.2, 0.25) is 0 Å². The largest absolute Gasteiger partial charge is 0.249 e. The third kappa shape index (κ3) is 1.70. The average molecular weight is 196 g/mol. The molecule has 2 rings (SSSR count). The van der Waals surface area contributed by atoms with E-state index in [0.717, 1.165) is 22.1 Å². The fraction of sp³-hybridized carbons (Fsp3) is 0.250. The fourth-order valence-electron chi connectivity index (χ4n) is 0.954. The van der Waals surface area contributed by atoms with Crippen LogP contribution in [-0.4, -0.2) is 9.97 Å². The molecule has 0 aromatic carbocycles. The standard InChI is InChI=1S/C8H8N2S2/c1-6-5-12-8(10-6)4-7-9-2-3-11-7/h2-3,5H,4H2,1H3. The van der Waals surface area contributed by atoms with Gasteiger partial charge in [0.1, 0.15) is 0 Å². The lowest BCUT2D eigenvalue weighted by Crippen LogP contribution is -1.84. The van der Waals surface area contributed by atoms with E-state index in [4.69, 9.17) is 0 Å². The van der Waals surface area contributed by atoms with Crippen molar-refractivity contribution in [1.29, 1.82) is 0 Å². The molecule has 0 N–H and O–H groups in total. The Morgan fingerprint density at radius 1 is 1.33 bits per heavy atom. The second kappa shape index (κ2) is 3.33. The second-order valence-corrected chi connectivity index (χ2v) is 4.41. The maximum absolute atomic E-state index is 4.37. The molecule has 0 aliphatic heterocycles. The third-order valence-electron chi connectivity index (χ3n) is 1.45. The molecule has 0 saturated carbocycles. The lowest BCUT2D eigenvalue weighted by molar-refractivity contribution is 1.08. The molecule has 0 saturated heterocycles. The van der Waals surface area contributed by atoms with Crippen LogP contribution in [0.5, 0.6) is 0 Å². The molecule has 0 unspecified atom stereocenters. The van der Waals surface area contributed by atoms with Crippen LogP contribution < -0.4 is 0 Å². The number of aromatic nitrogens is 2. The summed E-state index contributed by atoms with van der Waals surface area (Å²) in [5, 5.41) is 6.37. The van der Waals surface area contributed by atoms with Crippen LogP contribution >= 0.6 is 22.7 Å². The second-order valence-electron chi connectivity index (χ2n) is 2.49. The summed E-state index contributed by atoms with van der Waals surface area (Å²) in [6.07, 6.45) is 2.72. The van der Waals surface area contributed by atoms with Crippen LogP contribution in [0, 0.1) is 6.92 Å². The first-order chi connectivity index (χ1) is 5.84. The number of hydrogen-bond acceptors (Lipinski definition) is 4. The van der Waals surface area contributed by atoms with Crippen molar-refractivity contribution in [3.05, 3.63) is 32.7 Å². The number of nitrogens with zero attached hydrogens (tertiary/aromatic N) is 2. The number of aryl methyl sites for hydroxylation is 1. The molecule has 0 spiro atoms. The molecule has 0 fully saturated rings. The van der Waals surface area contributed by atoms with Gasteiger partial charge >= 0.3 is 0 Å². The molecule has 0 atom stereocenters. The van der Waals surface area contributed by atoms with Gasteiger partial charge in [-0.1, -0.05) is 0 Å². The molecular formula is C8H8N2S2. The summed E-state index contributed by atoms with van der Waals surface area (Å²) >= 11 is 3.39. The minimum Gasteiger partial charge on any atom is -0.249 e. The summed E-state index contributed by atoms with van der Waals surface area (Å²) in [7, 11) is 0. The van der Waals surface area contributed by atoms with Crippen molar-refractivity contribution in [2.24, 2.45) is 0 Å². The molecule has 2 aromatic heterocycles. The van der Waals surface area contributed by atoms with Crippen molar-refractivity contribution < 1.29 is 0 Å². The number of hydrogen-bond donors (Lipinski definition) is 0. The summed E-state index contributed by atoms with van der Waals surface area (Å²) in [6, 6.07) is 0. The minimum absolute atomic E-state index is 0.885. The first-order valence-electron chi connectivity index (χ1n) is 3.64. The van der Waals surface area contributed by atoms with Crippen LogP contribution in [0.1, 0.15) is 15.7 Å². The lowest BCUT2D eigenvalue weighted by atomic mass is 10.4. The van der Waals surface area contributed by atoms with Gasteiger partial charge in [-0.05, 0) is 6.92 Å². The highest BCUT2D eigenvalue weighted by atomic mass is 32.1. The van der Waals surface area contributed by atoms with Gasteiger partial charge in [-0.3, -0.25) is 0 Å². The van der Waals surface area contributed by atoms with Gasteiger partial charge in [-0.2, -0.15) is 0 Å². The van der Waals surface area contributed by atoms with Crippen LogP contribution in [-0.2, 0) is 6.42 Å². The van der Waals surface area contributed by atoms with Crippen LogP contribution in [0.4, 0.5) is 0 Å². The average Bonchev–Trinajstić information content (AvgIpc) is 2.63. The summed E-state index contributed by atoms with van der Waals surface area (Å²) in [4.78, 5) is 8.58. The van der Waals surface area contributed by atoms with E-state index in [9.17, 15) is 0 Å². The summed E-state index contributed by atoms with van der Waals surface area (Å²) in [5.74, 6) is 0. The quantitative estimate of drug-likeness (QED) is 0.737. The Morgan fingerprint density at radius 2 is 2.25 bits per heavy atom. The molecule has 0 radical (unpaired) electrons. The minimum atomic E-state index is 0.885. The number of rotatable bonds is 2. The smallest absolute Gasteiger partial charge is 0.0996 e. The summed E-state index contributed by atoms with van der Waals surface area (Å²) in [5.41, 5.74) is 1.10. The van der Waals surface area contributed by atoms with E-state index in [-0.39, 0.29) is 0 Å². The van der Waals surface area contributed by atoms with Gasteiger partial charge in [0, 0.05) is 22.7 Å². The predicted molar refractivity (Wildman–Crippen MR) is 51.8 cm³/mol. The zero-order chi connectivity index (χ0) is 8.39. The van der Waals surface area contributed by atoms with Crippen molar-refractivity contribution in [3.63, 3.8) is 0 Å². The molecule has 0 aliphatic rings. The van der Waals surface area contributed by atoms with Gasteiger partial charge < -0.3 is 0 Å². The Balaban J connectivity index is 2.14. The van der Waals surface area contributed by atoms with Crippen molar-refractivity contribution in [3.8, 4) is 0 Å². The SMILES string of the molecule is Cc1csc(Cc2nccs2)n1. The molecule has 2 aromatic rings. The van der Waals surface area contributed by atoms with Gasteiger partial charge in [0.25, 0.3) is 0 Å². The summed E-state index contributed by atoms with van der Waals surface area (Å²) in [6.45, 7) is 2.02. The molecule has 0 bridgehead atoms. The molecule has 0 aliphatic carbocycles. The molecule has 4 heteroatoms. The van der Waals surface area contributed by atoms with E-state index in [0.29, 0.717) is 0 Å². The fourth-order valence-corrected chi connectivity index (χ4v) is 2.44. The zero-order valence-corrected chi connectivity index (χ0v) is 8.28. The molecule has 2 nitrogen and oxygen atoms in total. The molecule has 2 heterocycles. The van der Waals surface area contributed by atoms with E-state index in [1.807, 2.05) is 18.5 Å². The molecule has 0 amide bonds. The van der Waals surface area contributed by atoms with E-state index in [1.165, 1.54) is 0 Å². The van der Waals surface area contributed by atoms with Crippen LogP contribution in [0.25, 0.3) is 0 Å². The van der Waals surface area contributed by atoms with Gasteiger partial charge in [-0.15, -0.1) is 22.7 Å². The maximum Gasteiger partial charge on any atom is 0.0996 e. The summed E-state index contributed by atoms with van der Waals surface area (Å²) < 4.78 is 0. The maximum atomic E-state index is 4.37. The van der Waals surface area contributed by atoms with E-state index in [1.54, 1.807) is 22.7 Å². The monoisotopic (exact) mass is 196 g/mol. The highest BCUT2D eigenvalue weighted by molar-refractivity contribution is 7.11. The Morgan fingerprint density at radius 3 is 2.83 bits per heavy atom. The zero-order valence-electron chi connectivity index (χ0n) is 6.65. The third-order valence-corrected chi connectivity index (χ3v) is 3.20. The van der Waals surface area contributed by atoms with Crippen molar-refractivity contribution in [2.75, 3.05) is 0 Å². The number of thiazole rings is 2. The van der Waals surface area contributed by atoms with Gasteiger partial charge in [0.15, 0.2) is 0 Å². The Bertz CT molecular complexity index is 351. The Hall–Kier alpha value is -0.740. The van der Waals surface area contributed by atoms with Crippen molar-refractivity contribution in [1.82, 2.24) is 9.97 Å². The van der Waals surface area contributed by atoms with E-state index >= 15 is 0 Å². The van der Waals surface area contributed by atoms with Crippen LogP contribution in [0.15, 0.2) is 17.0 Å². The van der Waals surface area contributed by atoms with Gasteiger partial charge in [0.2, 0.25) is 0 Å². The van der Waals surface area contributed by atoms with Crippen LogP contribution in [0.3, 0.4) is 0 Å². The first kappa shape index (κ1) is 7.89. The van der Waals surface area contributed by atoms with Gasteiger partial charge in [-0.25, -0.2) is 9.97 Å². The molecular weight excluding hydrogens is 188 g/mol. The first-order valence-corrected chi connectivity index (χ1v) is 5.40. The van der Waals surface area contributed by atoms with Crippen molar-refractivity contribution >= 4 is 22.7 Å². The van der Waals surface area contributed by atoms with E-state index < -0.39 is 0 Å². The Labute approximate surface area is 78.9 Å². The van der Waals surface area contributed by atoms with Gasteiger partial charge in [0.05, 0.1) is 16.4 Å². The van der Waals surface area contributed by atoms with E-state index in [2.05, 4.69) is 15.3 Å². The highest BCUT2D eigenvalue weighted by Gasteiger charge is 2.01. The van der Waals surface area contributed by atoms with Crippen molar-refractivity contribution in [2.45, 2.75) is 13.3 Å². The lowest BCUT2D eigenvalue weighted by Gasteiger charge is -1.88. The Kier molecular flexibility index (Phi) is 2.19. The predicted octanol–water partition coefficient (Wildman–Crippen LogP) is 2.50. The molecule has 12 heavy (non-hydrogen) atoms. The highest BCUT2D eigenvalue weighted by Crippen LogP contribution is 2.15. The topological polar surface area (TPSA) is 25.8 Å². The normalized spacial score (nSPS) is 10.4.